The second kappa shape index (κ2) is 4.09. The van der Waals surface area contributed by atoms with E-state index >= 15 is 0 Å². The van der Waals surface area contributed by atoms with Crippen LogP contribution in [-0.4, -0.2) is 35.7 Å². The van der Waals surface area contributed by atoms with Gasteiger partial charge in [-0.1, -0.05) is 18.2 Å². The number of ether oxygens (including phenoxy) is 1. The standard InChI is InChI=1S/C11H13NO4/c1-2-5-12-10(13)8-6-3-4-7(16-6)9(8)11(14)15/h2-4,6-9H,1,5H2,(H,12,13)(H,14,15)/t6-,7-,8-,9-/m1/s1. The van der Waals surface area contributed by atoms with Crippen LogP contribution >= 0.6 is 0 Å². The average Bonchev–Trinajstić information content (AvgIpc) is 2.84. The molecule has 5 nitrogen and oxygen atoms in total. The predicted octanol–water partition coefficient (Wildman–Crippen LogP) is -0.0572. The molecule has 2 aliphatic rings. The van der Waals surface area contributed by atoms with E-state index in [9.17, 15) is 9.59 Å². The van der Waals surface area contributed by atoms with Crippen LogP contribution < -0.4 is 5.32 Å². The molecule has 0 unspecified atom stereocenters. The van der Waals surface area contributed by atoms with Gasteiger partial charge in [0.1, 0.15) is 5.92 Å². The van der Waals surface area contributed by atoms with Crippen molar-refractivity contribution in [1.82, 2.24) is 5.32 Å². The largest absolute Gasteiger partial charge is 0.481 e. The Kier molecular flexibility index (Phi) is 2.78. The number of aliphatic carboxylic acids is 1. The van der Waals surface area contributed by atoms with Crippen molar-refractivity contribution in [2.75, 3.05) is 6.54 Å². The molecular formula is C11H13NO4. The minimum atomic E-state index is -0.990. The molecule has 2 rings (SSSR count). The van der Waals surface area contributed by atoms with Crippen LogP contribution in [0.15, 0.2) is 24.8 Å². The molecule has 1 amide bonds. The van der Waals surface area contributed by atoms with E-state index in [4.69, 9.17) is 9.84 Å². The van der Waals surface area contributed by atoms with Gasteiger partial charge in [-0.25, -0.2) is 0 Å². The third kappa shape index (κ3) is 1.63. The van der Waals surface area contributed by atoms with Gasteiger partial charge in [0.2, 0.25) is 5.91 Å². The lowest BCUT2D eigenvalue weighted by Gasteiger charge is -2.20. The van der Waals surface area contributed by atoms with Crippen molar-refractivity contribution in [2.45, 2.75) is 12.2 Å². The van der Waals surface area contributed by atoms with Crippen LogP contribution in [0.1, 0.15) is 0 Å². The summed E-state index contributed by atoms with van der Waals surface area (Å²) in [5.74, 6) is -2.69. The minimum absolute atomic E-state index is 0.288. The molecule has 2 aliphatic heterocycles. The zero-order chi connectivity index (χ0) is 11.7. The first-order valence-corrected chi connectivity index (χ1v) is 5.10. The number of hydrogen-bond donors (Lipinski definition) is 2. The average molecular weight is 223 g/mol. The van der Waals surface area contributed by atoms with Gasteiger partial charge in [0.25, 0.3) is 0 Å². The maximum Gasteiger partial charge on any atom is 0.310 e. The molecule has 0 radical (unpaired) electrons. The van der Waals surface area contributed by atoms with E-state index in [2.05, 4.69) is 11.9 Å². The number of hydrogen-bond acceptors (Lipinski definition) is 3. The number of carbonyl (C=O) groups is 2. The Labute approximate surface area is 92.8 Å². The fourth-order valence-corrected chi connectivity index (χ4v) is 2.21. The van der Waals surface area contributed by atoms with Crippen molar-refractivity contribution < 1.29 is 19.4 Å². The van der Waals surface area contributed by atoms with Crippen molar-refractivity contribution in [3.05, 3.63) is 24.8 Å². The molecule has 2 N–H and O–H groups in total. The molecule has 5 heteroatoms. The van der Waals surface area contributed by atoms with Crippen molar-refractivity contribution >= 4 is 11.9 Å². The summed E-state index contributed by atoms with van der Waals surface area (Å²) >= 11 is 0. The summed E-state index contributed by atoms with van der Waals surface area (Å²) in [5, 5.41) is 11.7. The zero-order valence-corrected chi connectivity index (χ0v) is 8.63. The first-order valence-electron chi connectivity index (χ1n) is 5.10. The SMILES string of the molecule is C=CCNC(=O)[C@H]1[C@H](C(=O)O)[C@H]2C=C[C@H]1O2. The van der Waals surface area contributed by atoms with E-state index in [0.717, 1.165) is 0 Å². The summed E-state index contributed by atoms with van der Waals surface area (Å²) in [6.07, 6.45) is 4.14. The van der Waals surface area contributed by atoms with Crippen LogP contribution in [0, 0.1) is 11.8 Å². The Hall–Kier alpha value is -1.62. The molecular weight excluding hydrogens is 210 g/mol. The van der Waals surface area contributed by atoms with E-state index in [-0.39, 0.29) is 5.91 Å². The van der Waals surface area contributed by atoms with E-state index in [1.54, 1.807) is 18.2 Å². The molecule has 1 fully saturated rings. The van der Waals surface area contributed by atoms with Crippen molar-refractivity contribution in [1.29, 1.82) is 0 Å². The van der Waals surface area contributed by atoms with Gasteiger partial charge in [0, 0.05) is 6.54 Å². The molecule has 0 aromatic heterocycles. The second-order valence-corrected chi connectivity index (χ2v) is 3.87. The number of carbonyl (C=O) groups excluding carboxylic acids is 1. The number of rotatable bonds is 4. The van der Waals surface area contributed by atoms with Gasteiger partial charge >= 0.3 is 5.97 Å². The third-order valence-electron chi connectivity index (χ3n) is 2.91. The highest BCUT2D eigenvalue weighted by Gasteiger charge is 2.52. The van der Waals surface area contributed by atoms with Crippen LogP contribution in [0.2, 0.25) is 0 Å². The first-order chi connectivity index (χ1) is 7.65. The van der Waals surface area contributed by atoms with Crippen molar-refractivity contribution in [2.24, 2.45) is 11.8 Å². The summed E-state index contributed by atoms with van der Waals surface area (Å²) in [6.45, 7) is 3.82. The van der Waals surface area contributed by atoms with Gasteiger partial charge in [0.05, 0.1) is 18.1 Å². The number of carboxylic acid groups (broad SMARTS) is 1. The van der Waals surface area contributed by atoms with Crippen LogP contribution in [0.4, 0.5) is 0 Å². The van der Waals surface area contributed by atoms with Gasteiger partial charge in [0.15, 0.2) is 0 Å². The van der Waals surface area contributed by atoms with E-state index in [1.807, 2.05) is 0 Å². The Morgan fingerprint density at radius 3 is 2.56 bits per heavy atom. The predicted molar refractivity (Wildman–Crippen MR) is 55.6 cm³/mol. The van der Waals surface area contributed by atoms with Crippen LogP contribution in [0.25, 0.3) is 0 Å². The Balaban J connectivity index is 2.13. The number of amides is 1. The van der Waals surface area contributed by atoms with Gasteiger partial charge in [-0.2, -0.15) is 0 Å². The lowest BCUT2D eigenvalue weighted by Crippen LogP contribution is -2.42. The fourth-order valence-electron chi connectivity index (χ4n) is 2.21. The molecule has 2 bridgehead atoms. The van der Waals surface area contributed by atoms with Crippen LogP contribution in [0.5, 0.6) is 0 Å². The molecule has 0 aliphatic carbocycles. The Bertz CT molecular complexity index is 363. The number of nitrogens with one attached hydrogen (secondary N) is 1. The monoisotopic (exact) mass is 223 g/mol. The molecule has 0 aromatic rings. The van der Waals surface area contributed by atoms with E-state index in [1.165, 1.54) is 0 Å². The highest BCUT2D eigenvalue weighted by molar-refractivity contribution is 5.87. The summed E-state index contributed by atoms with van der Waals surface area (Å²) in [5.41, 5.74) is 0. The zero-order valence-electron chi connectivity index (χ0n) is 8.63. The lowest BCUT2D eigenvalue weighted by atomic mass is 9.82. The maximum atomic E-state index is 11.8. The number of fused-ring (bicyclic) bond motifs is 2. The van der Waals surface area contributed by atoms with Gasteiger partial charge < -0.3 is 15.2 Å². The fraction of sp³-hybridized carbons (Fsp3) is 0.455. The molecule has 4 atom stereocenters. The first kappa shape index (κ1) is 10.9. The normalized spacial score (nSPS) is 35.0. The minimum Gasteiger partial charge on any atom is -0.481 e. The third-order valence-corrected chi connectivity index (χ3v) is 2.91. The lowest BCUT2D eigenvalue weighted by molar-refractivity contribution is -0.146. The molecule has 0 saturated carbocycles. The molecule has 2 heterocycles. The summed E-state index contributed by atoms with van der Waals surface area (Å²) in [7, 11) is 0. The second-order valence-electron chi connectivity index (χ2n) is 3.87. The van der Waals surface area contributed by atoms with Crippen LogP contribution in [-0.2, 0) is 14.3 Å². The summed E-state index contributed by atoms with van der Waals surface area (Å²) < 4.78 is 5.38. The van der Waals surface area contributed by atoms with Gasteiger partial charge in [-0.15, -0.1) is 6.58 Å². The molecule has 0 spiro atoms. The van der Waals surface area contributed by atoms with Crippen LogP contribution in [0.3, 0.4) is 0 Å². The topological polar surface area (TPSA) is 75.6 Å². The molecule has 1 saturated heterocycles. The highest BCUT2D eigenvalue weighted by atomic mass is 16.5. The number of carboxylic acids is 1. The Morgan fingerprint density at radius 1 is 1.38 bits per heavy atom. The van der Waals surface area contributed by atoms with Gasteiger partial charge in [-0.05, 0) is 0 Å². The van der Waals surface area contributed by atoms with Gasteiger partial charge in [-0.3, -0.25) is 9.59 Å². The quantitative estimate of drug-likeness (QED) is 0.655. The molecule has 16 heavy (non-hydrogen) atoms. The smallest absolute Gasteiger partial charge is 0.310 e. The van der Waals surface area contributed by atoms with Crippen molar-refractivity contribution in [3.63, 3.8) is 0 Å². The van der Waals surface area contributed by atoms with E-state index < -0.39 is 30.0 Å². The maximum absolute atomic E-state index is 11.8. The van der Waals surface area contributed by atoms with E-state index in [0.29, 0.717) is 6.54 Å². The highest BCUT2D eigenvalue weighted by Crippen LogP contribution is 2.39. The summed E-state index contributed by atoms with van der Waals surface area (Å²) in [6, 6.07) is 0. The summed E-state index contributed by atoms with van der Waals surface area (Å²) in [4.78, 5) is 22.8. The Morgan fingerprint density at radius 2 is 2.00 bits per heavy atom. The molecule has 0 aromatic carbocycles. The molecule has 86 valence electrons. The van der Waals surface area contributed by atoms with Crippen molar-refractivity contribution in [3.8, 4) is 0 Å².